The van der Waals surface area contributed by atoms with Crippen molar-refractivity contribution in [2.24, 2.45) is 0 Å². The maximum absolute atomic E-state index is 12.5. The Kier molecular flexibility index (Phi) is 7.60. The Morgan fingerprint density at radius 3 is 2.52 bits per heavy atom. The number of nitrogens with zero attached hydrogens (tertiary/aromatic N) is 1. The second kappa shape index (κ2) is 9.55. The number of sulfonamides is 1. The van der Waals surface area contributed by atoms with Crippen molar-refractivity contribution in [2.75, 3.05) is 11.9 Å². The van der Waals surface area contributed by atoms with Gasteiger partial charge >= 0.3 is 5.97 Å². The van der Waals surface area contributed by atoms with Crippen LogP contribution in [0.3, 0.4) is 0 Å². The molecule has 1 aromatic carbocycles. The summed E-state index contributed by atoms with van der Waals surface area (Å²) < 4.78 is 36.5. The van der Waals surface area contributed by atoms with Crippen LogP contribution in [0, 0.1) is 6.92 Å². The molecular formula is C16H17Cl2N3O7S. The topological polar surface area (TPSA) is 148 Å². The fourth-order valence-corrected chi connectivity index (χ4v) is 3.70. The molecule has 3 N–H and O–H groups in total. The summed E-state index contributed by atoms with van der Waals surface area (Å²) >= 11 is 11.6. The quantitative estimate of drug-likeness (QED) is 0.496. The molecule has 0 radical (unpaired) electrons. The Balaban J connectivity index is 2.03. The number of halogens is 2. The minimum atomic E-state index is -4.25. The van der Waals surface area contributed by atoms with Gasteiger partial charge in [0.05, 0.1) is 21.0 Å². The zero-order chi connectivity index (χ0) is 21.8. The molecule has 0 fully saturated rings. The fraction of sp³-hybridized carbons (Fsp3) is 0.312. The van der Waals surface area contributed by atoms with E-state index in [-0.39, 0.29) is 20.8 Å². The number of rotatable bonds is 8. The summed E-state index contributed by atoms with van der Waals surface area (Å²) in [5.41, 5.74) is 0. The molecule has 10 nitrogen and oxygen atoms in total. The SMILES string of the molecule is Cc1cc(NC(=O)COC(=O)C(NS(=O)(=O)c2ccc(Cl)c(Cl)c2)C(C)O)no1. The van der Waals surface area contributed by atoms with Gasteiger partial charge in [-0.25, -0.2) is 8.42 Å². The van der Waals surface area contributed by atoms with E-state index in [1.165, 1.54) is 25.1 Å². The first-order valence-electron chi connectivity index (χ1n) is 8.05. The highest BCUT2D eigenvalue weighted by Gasteiger charge is 2.31. The maximum Gasteiger partial charge on any atom is 0.327 e. The predicted molar refractivity (Wildman–Crippen MR) is 103 cm³/mol. The van der Waals surface area contributed by atoms with Gasteiger partial charge in [-0.15, -0.1) is 0 Å². The summed E-state index contributed by atoms with van der Waals surface area (Å²) in [5.74, 6) is -1.31. The Hall–Kier alpha value is -2.18. The number of aromatic nitrogens is 1. The van der Waals surface area contributed by atoms with E-state index in [2.05, 4.69) is 10.5 Å². The molecule has 2 rings (SSSR count). The molecule has 158 valence electrons. The lowest BCUT2D eigenvalue weighted by molar-refractivity contribution is -0.151. The number of anilines is 1. The summed E-state index contributed by atoms with van der Waals surface area (Å²) in [4.78, 5) is 23.7. The lowest BCUT2D eigenvalue weighted by atomic mass is 10.2. The van der Waals surface area contributed by atoms with Crippen LogP contribution in [0.15, 0.2) is 33.7 Å². The van der Waals surface area contributed by atoms with Crippen LogP contribution in [0.4, 0.5) is 5.82 Å². The van der Waals surface area contributed by atoms with Crippen LogP contribution in [-0.2, 0) is 24.3 Å². The number of carbonyl (C=O) groups is 2. The van der Waals surface area contributed by atoms with Crippen LogP contribution < -0.4 is 10.0 Å². The summed E-state index contributed by atoms with van der Waals surface area (Å²) in [6.07, 6.45) is -1.46. The first-order valence-corrected chi connectivity index (χ1v) is 10.3. The minimum absolute atomic E-state index is 0.00882. The summed E-state index contributed by atoms with van der Waals surface area (Å²) in [6.45, 7) is 2.07. The third-order valence-corrected chi connectivity index (χ3v) is 5.64. The fourth-order valence-electron chi connectivity index (χ4n) is 2.05. The van der Waals surface area contributed by atoms with E-state index in [9.17, 15) is 23.1 Å². The largest absolute Gasteiger partial charge is 0.454 e. The van der Waals surface area contributed by atoms with E-state index in [1.807, 2.05) is 4.72 Å². The third-order valence-electron chi connectivity index (χ3n) is 3.46. The molecule has 13 heteroatoms. The summed E-state index contributed by atoms with van der Waals surface area (Å²) in [7, 11) is -4.25. The van der Waals surface area contributed by atoms with Gasteiger partial charge in [0.1, 0.15) is 11.8 Å². The van der Waals surface area contributed by atoms with Crippen molar-refractivity contribution in [3.05, 3.63) is 40.1 Å². The third kappa shape index (κ3) is 6.41. The second-order valence-electron chi connectivity index (χ2n) is 5.89. The average Bonchev–Trinajstić information content (AvgIpc) is 3.04. The standard InChI is InChI=1S/C16H17Cl2N3O7S/c1-8-5-13(20-28-8)19-14(23)7-27-16(24)15(9(2)22)21-29(25,26)10-3-4-11(17)12(18)6-10/h3-6,9,15,21-22H,7H2,1-2H3,(H,19,20,23). The minimum Gasteiger partial charge on any atom is -0.454 e. The molecule has 1 heterocycles. The van der Waals surface area contributed by atoms with E-state index in [1.54, 1.807) is 6.92 Å². The number of hydrogen-bond donors (Lipinski definition) is 3. The molecule has 1 amide bonds. The van der Waals surface area contributed by atoms with Crippen LogP contribution in [0.2, 0.25) is 10.0 Å². The first-order chi connectivity index (χ1) is 13.5. The smallest absolute Gasteiger partial charge is 0.327 e. The van der Waals surface area contributed by atoms with Crippen molar-refractivity contribution in [3.63, 3.8) is 0 Å². The predicted octanol–water partition coefficient (Wildman–Crippen LogP) is 1.50. The molecule has 2 unspecified atom stereocenters. The van der Waals surface area contributed by atoms with Crippen molar-refractivity contribution < 1.29 is 32.4 Å². The number of nitrogens with one attached hydrogen (secondary N) is 2. The summed E-state index contributed by atoms with van der Waals surface area (Å²) in [6, 6.07) is 3.31. The maximum atomic E-state index is 12.5. The highest BCUT2D eigenvalue weighted by Crippen LogP contribution is 2.25. The van der Waals surface area contributed by atoms with Crippen LogP contribution in [-0.4, -0.2) is 49.3 Å². The Labute approximate surface area is 176 Å². The van der Waals surface area contributed by atoms with Gasteiger partial charge in [-0.2, -0.15) is 4.72 Å². The van der Waals surface area contributed by atoms with Crippen LogP contribution in [0.1, 0.15) is 12.7 Å². The highest BCUT2D eigenvalue weighted by atomic mass is 35.5. The van der Waals surface area contributed by atoms with E-state index in [4.69, 9.17) is 32.5 Å². The van der Waals surface area contributed by atoms with E-state index in [0.29, 0.717) is 5.76 Å². The number of ether oxygens (including phenoxy) is 1. The van der Waals surface area contributed by atoms with Crippen LogP contribution in [0.5, 0.6) is 0 Å². The molecule has 2 atom stereocenters. The molecule has 0 aliphatic carbocycles. The highest BCUT2D eigenvalue weighted by molar-refractivity contribution is 7.89. The Bertz CT molecular complexity index is 1010. The average molecular weight is 466 g/mol. The van der Waals surface area contributed by atoms with Gasteiger partial charge < -0.3 is 19.7 Å². The lowest BCUT2D eigenvalue weighted by Gasteiger charge is -2.20. The van der Waals surface area contributed by atoms with Crippen molar-refractivity contribution in [1.29, 1.82) is 0 Å². The molecule has 0 aliphatic heterocycles. The Morgan fingerprint density at radius 1 is 1.28 bits per heavy atom. The van der Waals surface area contributed by atoms with Crippen molar-refractivity contribution >= 4 is 50.9 Å². The van der Waals surface area contributed by atoms with Gasteiger partial charge in [-0.3, -0.25) is 9.59 Å². The number of benzene rings is 1. The van der Waals surface area contributed by atoms with Crippen LogP contribution in [0.25, 0.3) is 0 Å². The van der Waals surface area contributed by atoms with Gasteiger partial charge in [0.25, 0.3) is 5.91 Å². The number of aliphatic hydroxyl groups excluding tert-OH is 1. The zero-order valence-corrected chi connectivity index (χ0v) is 17.5. The number of amides is 1. The lowest BCUT2D eigenvalue weighted by Crippen LogP contribution is -2.48. The van der Waals surface area contributed by atoms with Gasteiger partial charge in [0.15, 0.2) is 12.4 Å². The van der Waals surface area contributed by atoms with Crippen molar-refractivity contribution in [3.8, 4) is 0 Å². The van der Waals surface area contributed by atoms with Gasteiger partial charge in [-0.1, -0.05) is 28.4 Å². The molecule has 29 heavy (non-hydrogen) atoms. The first kappa shape index (κ1) is 23.1. The monoisotopic (exact) mass is 465 g/mol. The van der Waals surface area contributed by atoms with E-state index in [0.717, 1.165) is 6.07 Å². The molecule has 0 saturated heterocycles. The summed E-state index contributed by atoms with van der Waals surface area (Å²) in [5, 5.41) is 15.8. The number of aliphatic hydroxyl groups is 1. The number of aryl methyl sites for hydroxylation is 1. The molecule has 2 aromatic rings. The van der Waals surface area contributed by atoms with Gasteiger partial charge in [0.2, 0.25) is 10.0 Å². The van der Waals surface area contributed by atoms with Crippen LogP contribution >= 0.6 is 23.2 Å². The zero-order valence-electron chi connectivity index (χ0n) is 15.2. The van der Waals surface area contributed by atoms with E-state index < -0.39 is 40.7 Å². The molecule has 0 spiro atoms. The van der Waals surface area contributed by atoms with Crippen molar-refractivity contribution in [2.45, 2.75) is 30.9 Å². The number of esters is 1. The molecular weight excluding hydrogens is 449 g/mol. The molecule has 1 aromatic heterocycles. The van der Waals surface area contributed by atoms with Gasteiger partial charge in [-0.05, 0) is 32.0 Å². The number of carbonyl (C=O) groups excluding carboxylic acids is 2. The molecule has 0 saturated carbocycles. The second-order valence-corrected chi connectivity index (χ2v) is 8.42. The molecule has 0 bridgehead atoms. The van der Waals surface area contributed by atoms with Crippen molar-refractivity contribution in [1.82, 2.24) is 9.88 Å². The van der Waals surface area contributed by atoms with E-state index >= 15 is 0 Å². The molecule has 0 aliphatic rings. The number of hydrogen-bond acceptors (Lipinski definition) is 8. The Morgan fingerprint density at radius 2 is 1.97 bits per heavy atom. The normalized spacial score (nSPS) is 13.6. The van der Waals surface area contributed by atoms with Gasteiger partial charge in [0, 0.05) is 6.07 Å².